The topological polar surface area (TPSA) is 102 Å². The van der Waals surface area contributed by atoms with Gasteiger partial charge in [0.25, 0.3) is 0 Å². The van der Waals surface area contributed by atoms with Crippen LogP contribution >= 0.6 is 0 Å². The zero-order valence-electron chi connectivity index (χ0n) is 15.5. The lowest BCUT2D eigenvalue weighted by molar-refractivity contribution is -0.553. The summed E-state index contributed by atoms with van der Waals surface area (Å²) in [6.45, 7) is 10.8. The molecule has 0 aromatic carbocycles. The van der Waals surface area contributed by atoms with Gasteiger partial charge in [-0.3, -0.25) is 15.0 Å². The SMILES string of the molecule is CCOC(=O)C(C)(CCON1C(C)(C)CC(O)CC1(C)C)[N+](=O)[O-]. The summed E-state index contributed by atoms with van der Waals surface area (Å²) < 4.78 is 4.82. The van der Waals surface area contributed by atoms with Crippen LogP contribution in [0.2, 0.25) is 0 Å². The van der Waals surface area contributed by atoms with E-state index in [1.54, 1.807) is 12.0 Å². The molecule has 0 amide bonds. The van der Waals surface area contributed by atoms with Gasteiger partial charge in [-0.1, -0.05) is 0 Å². The van der Waals surface area contributed by atoms with Crippen LogP contribution in [0.3, 0.4) is 0 Å². The third-order valence-electron chi connectivity index (χ3n) is 4.50. The van der Waals surface area contributed by atoms with Crippen LogP contribution in [-0.4, -0.2) is 57.0 Å². The molecule has 0 aliphatic carbocycles. The normalized spacial score (nSPS) is 23.5. The Bertz CT molecular complexity index is 461. The number of nitrogens with zero attached hydrogens (tertiary/aromatic N) is 2. The largest absolute Gasteiger partial charge is 0.461 e. The number of hydrogen-bond donors (Lipinski definition) is 1. The van der Waals surface area contributed by atoms with Crippen molar-refractivity contribution in [3.05, 3.63) is 10.1 Å². The number of ether oxygens (including phenoxy) is 1. The number of piperidine rings is 1. The number of esters is 1. The second-order valence-corrected chi connectivity index (χ2v) is 7.82. The minimum Gasteiger partial charge on any atom is -0.461 e. The lowest BCUT2D eigenvalue weighted by atomic mass is 9.80. The number of aliphatic hydroxyl groups excluding tert-OH is 1. The van der Waals surface area contributed by atoms with E-state index in [0.717, 1.165) is 0 Å². The van der Waals surface area contributed by atoms with Gasteiger partial charge in [0, 0.05) is 22.9 Å². The Morgan fingerprint density at radius 2 is 1.83 bits per heavy atom. The first-order chi connectivity index (χ1) is 10.9. The molecule has 1 rings (SSSR count). The molecule has 0 radical (unpaired) electrons. The Kier molecular flexibility index (Phi) is 6.35. The van der Waals surface area contributed by atoms with E-state index in [1.165, 1.54) is 6.92 Å². The predicted octanol–water partition coefficient (Wildman–Crippen LogP) is 1.92. The average molecular weight is 346 g/mol. The average Bonchev–Trinajstić information content (AvgIpc) is 2.39. The molecule has 1 N–H and O–H groups in total. The van der Waals surface area contributed by atoms with Crippen LogP contribution in [0.25, 0.3) is 0 Å². The first-order valence-electron chi connectivity index (χ1n) is 8.30. The van der Waals surface area contributed by atoms with E-state index in [4.69, 9.17) is 9.57 Å². The fourth-order valence-electron chi connectivity index (χ4n) is 3.45. The van der Waals surface area contributed by atoms with E-state index in [1.807, 2.05) is 27.7 Å². The van der Waals surface area contributed by atoms with Gasteiger partial charge >= 0.3 is 11.5 Å². The number of aliphatic hydroxyl groups is 1. The van der Waals surface area contributed by atoms with E-state index in [0.29, 0.717) is 12.8 Å². The van der Waals surface area contributed by atoms with Gasteiger partial charge in [0.1, 0.15) is 0 Å². The summed E-state index contributed by atoms with van der Waals surface area (Å²) in [6.07, 6.45) is 0.574. The van der Waals surface area contributed by atoms with Gasteiger partial charge in [0.15, 0.2) is 0 Å². The van der Waals surface area contributed by atoms with Gasteiger partial charge in [0.05, 0.1) is 25.7 Å². The van der Waals surface area contributed by atoms with Gasteiger partial charge in [-0.25, -0.2) is 4.79 Å². The first-order valence-corrected chi connectivity index (χ1v) is 8.30. The van der Waals surface area contributed by atoms with Crippen molar-refractivity contribution in [2.24, 2.45) is 0 Å². The van der Waals surface area contributed by atoms with Crippen molar-refractivity contribution in [3.8, 4) is 0 Å². The van der Waals surface area contributed by atoms with E-state index < -0.39 is 33.6 Å². The molecular weight excluding hydrogens is 316 g/mol. The van der Waals surface area contributed by atoms with Crippen molar-refractivity contribution in [1.29, 1.82) is 0 Å². The molecule has 1 fully saturated rings. The molecule has 1 aliphatic rings. The van der Waals surface area contributed by atoms with Crippen molar-refractivity contribution in [3.63, 3.8) is 0 Å². The summed E-state index contributed by atoms with van der Waals surface area (Å²) >= 11 is 0. The lowest BCUT2D eigenvalue weighted by Gasteiger charge is -2.52. The maximum Gasteiger partial charge on any atom is 0.384 e. The van der Waals surface area contributed by atoms with Crippen LogP contribution in [0, 0.1) is 10.1 Å². The quantitative estimate of drug-likeness (QED) is 0.427. The molecule has 8 heteroatoms. The van der Waals surface area contributed by atoms with Gasteiger partial charge < -0.3 is 9.84 Å². The molecule has 0 spiro atoms. The van der Waals surface area contributed by atoms with Gasteiger partial charge in [-0.05, 0) is 47.5 Å². The Morgan fingerprint density at radius 3 is 2.25 bits per heavy atom. The number of hydroxylamine groups is 2. The zero-order chi connectivity index (χ0) is 18.8. The van der Waals surface area contributed by atoms with Crippen LogP contribution in [0.5, 0.6) is 0 Å². The molecule has 0 aromatic heterocycles. The van der Waals surface area contributed by atoms with Crippen LogP contribution in [0.1, 0.15) is 60.8 Å². The molecule has 0 saturated carbocycles. The van der Waals surface area contributed by atoms with Crippen molar-refractivity contribution >= 4 is 5.97 Å². The van der Waals surface area contributed by atoms with Gasteiger partial charge in [0.2, 0.25) is 0 Å². The maximum atomic E-state index is 11.9. The van der Waals surface area contributed by atoms with Crippen molar-refractivity contribution < 1.29 is 24.4 Å². The minimum atomic E-state index is -1.83. The molecule has 1 unspecified atom stereocenters. The lowest BCUT2D eigenvalue weighted by Crippen LogP contribution is -2.61. The molecule has 8 nitrogen and oxygen atoms in total. The van der Waals surface area contributed by atoms with E-state index in [2.05, 4.69) is 0 Å². The predicted molar refractivity (Wildman–Crippen MR) is 87.8 cm³/mol. The summed E-state index contributed by atoms with van der Waals surface area (Å²) in [5.74, 6) is -0.855. The Labute approximate surface area is 143 Å². The minimum absolute atomic E-state index is 0.0131. The highest BCUT2D eigenvalue weighted by molar-refractivity contribution is 5.78. The van der Waals surface area contributed by atoms with E-state index in [9.17, 15) is 20.0 Å². The monoisotopic (exact) mass is 346 g/mol. The summed E-state index contributed by atoms with van der Waals surface area (Å²) in [6, 6.07) is 0. The second kappa shape index (κ2) is 7.33. The van der Waals surface area contributed by atoms with Crippen LogP contribution in [-0.2, 0) is 14.4 Å². The Balaban J connectivity index is 2.79. The molecule has 0 aromatic rings. The first kappa shape index (κ1) is 20.8. The number of rotatable bonds is 7. The van der Waals surface area contributed by atoms with E-state index in [-0.39, 0.29) is 19.6 Å². The van der Waals surface area contributed by atoms with E-state index >= 15 is 0 Å². The standard InChI is InChI=1S/C16H30N2O6/c1-7-23-13(20)16(6,18(21)22)8-9-24-17-14(2,3)10-12(19)11-15(17,4)5/h12,19H,7-11H2,1-6H3. The maximum absolute atomic E-state index is 11.9. The fraction of sp³-hybridized carbons (Fsp3) is 0.938. The molecule has 1 saturated heterocycles. The number of carbonyl (C=O) groups is 1. The smallest absolute Gasteiger partial charge is 0.384 e. The molecule has 24 heavy (non-hydrogen) atoms. The summed E-state index contributed by atoms with van der Waals surface area (Å²) in [7, 11) is 0. The van der Waals surface area contributed by atoms with Crippen molar-refractivity contribution in [2.45, 2.75) is 83.5 Å². The number of carbonyl (C=O) groups excluding carboxylic acids is 1. The van der Waals surface area contributed by atoms with Crippen molar-refractivity contribution in [1.82, 2.24) is 5.06 Å². The highest BCUT2D eigenvalue weighted by atomic mass is 16.7. The Morgan fingerprint density at radius 1 is 1.33 bits per heavy atom. The summed E-state index contributed by atoms with van der Waals surface area (Å²) in [5.41, 5.74) is -2.67. The highest BCUT2D eigenvalue weighted by Crippen LogP contribution is 2.38. The second-order valence-electron chi connectivity index (χ2n) is 7.82. The molecule has 0 bridgehead atoms. The zero-order valence-corrected chi connectivity index (χ0v) is 15.5. The fourth-order valence-corrected chi connectivity index (χ4v) is 3.45. The number of hydrogen-bond acceptors (Lipinski definition) is 7. The summed E-state index contributed by atoms with van der Waals surface area (Å²) in [5, 5.41) is 23.1. The van der Waals surface area contributed by atoms with Crippen LogP contribution < -0.4 is 0 Å². The molecule has 140 valence electrons. The molecule has 1 atom stereocenters. The van der Waals surface area contributed by atoms with Crippen LogP contribution in [0.15, 0.2) is 0 Å². The van der Waals surface area contributed by atoms with Crippen molar-refractivity contribution in [2.75, 3.05) is 13.2 Å². The third kappa shape index (κ3) is 4.43. The van der Waals surface area contributed by atoms with Gasteiger partial charge in [-0.2, -0.15) is 5.06 Å². The molecule has 1 aliphatic heterocycles. The molecular formula is C16H30N2O6. The Hall–Kier alpha value is -1.25. The van der Waals surface area contributed by atoms with Gasteiger partial charge in [-0.15, -0.1) is 0 Å². The highest BCUT2D eigenvalue weighted by Gasteiger charge is 2.49. The summed E-state index contributed by atoms with van der Waals surface area (Å²) in [4.78, 5) is 28.5. The molecule has 1 heterocycles. The number of nitro groups is 1. The van der Waals surface area contributed by atoms with Crippen LogP contribution in [0.4, 0.5) is 0 Å². The third-order valence-corrected chi connectivity index (χ3v) is 4.50.